The summed E-state index contributed by atoms with van der Waals surface area (Å²) >= 11 is 3.27. The van der Waals surface area contributed by atoms with Crippen molar-refractivity contribution in [3.63, 3.8) is 0 Å². The van der Waals surface area contributed by atoms with Crippen LogP contribution in [0.25, 0.3) is 10.9 Å². The number of nitrogens with zero attached hydrogens (tertiary/aromatic N) is 2. The molecule has 3 aromatic rings. The van der Waals surface area contributed by atoms with Crippen LogP contribution >= 0.6 is 15.9 Å². The topological polar surface area (TPSA) is 98.5 Å². The van der Waals surface area contributed by atoms with E-state index in [0.29, 0.717) is 26.9 Å². The van der Waals surface area contributed by atoms with E-state index in [2.05, 4.69) is 31.2 Å². The molecule has 0 aliphatic carbocycles. The normalized spacial score (nSPS) is 10.9. The maximum atomic E-state index is 9.56. The quantitative estimate of drug-likeness (QED) is 0.523. The first-order valence-corrected chi connectivity index (χ1v) is 7.65. The van der Waals surface area contributed by atoms with Crippen molar-refractivity contribution in [3.05, 3.63) is 52.3 Å². The molecule has 0 aliphatic heterocycles. The van der Waals surface area contributed by atoms with Crippen LogP contribution in [0.2, 0.25) is 0 Å². The number of rotatable bonds is 4. The van der Waals surface area contributed by atoms with Gasteiger partial charge in [-0.1, -0.05) is 0 Å². The number of halogens is 1. The number of aliphatic hydroxyl groups excluding tert-OH is 2. The highest BCUT2D eigenvalue weighted by Crippen LogP contribution is 2.30. The van der Waals surface area contributed by atoms with E-state index in [1.54, 1.807) is 30.3 Å². The van der Waals surface area contributed by atoms with Gasteiger partial charge in [0.05, 0.1) is 23.2 Å². The van der Waals surface area contributed by atoms with Gasteiger partial charge < -0.3 is 20.6 Å². The van der Waals surface area contributed by atoms with Crippen LogP contribution in [0.15, 0.2) is 41.1 Å². The van der Waals surface area contributed by atoms with E-state index in [0.717, 1.165) is 11.1 Å². The highest BCUT2D eigenvalue weighted by atomic mass is 79.9. The van der Waals surface area contributed by atoms with Crippen molar-refractivity contribution >= 4 is 38.3 Å². The molecule has 0 bridgehead atoms. The molecule has 118 valence electrons. The lowest BCUT2D eigenvalue weighted by Crippen LogP contribution is -2.00. The predicted molar refractivity (Wildman–Crippen MR) is 90.5 cm³/mol. The Morgan fingerprint density at radius 3 is 2.43 bits per heavy atom. The molecule has 0 radical (unpaired) electrons. The summed E-state index contributed by atoms with van der Waals surface area (Å²) in [5.41, 5.74) is 2.68. The Morgan fingerprint density at radius 2 is 1.74 bits per heavy atom. The molecule has 1 heterocycles. The Hall–Kier alpha value is -2.22. The number of nitrogens with one attached hydrogen (secondary N) is 1. The van der Waals surface area contributed by atoms with Crippen molar-refractivity contribution in [2.24, 2.45) is 0 Å². The molecule has 6 nitrogen and oxygen atoms in total. The number of phenolic OH excluding ortho intramolecular Hbond substituents is 1. The Balaban J connectivity index is 2.08. The van der Waals surface area contributed by atoms with Gasteiger partial charge >= 0.3 is 0 Å². The minimum atomic E-state index is -0.176. The first-order valence-electron chi connectivity index (χ1n) is 6.86. The van der Waals surface area contributed by atoms with Gasteiger partial charge in [-0.2, -0.15) is 0 Å². The van der Waals surface area contributed by atoms with E-state index in [1.165, 1.54) is 6.33 Å². The van der Waals surface area contributed by atoms with E-state index in [-0.39, 0.29) is 19.0 Å². The molecule has 0 saturated carbocycles. The van der Waals surface area contributed by atoms with Crippen molar-refractivity contribution in [2.75, 3.05) is 5.32 Å². The zero-order chi connectivity index (χ0) is 16.4. The summed E-state index contributed by atoms with van der Waals surface area (Å²) in [7, 11) is 0. The summed E-state index contributed by atoms with van der Waals surface area (Å²) in [5.74, 6) is 0.727. The van der Waals surface area contributed by atoms with Crippen molar-refractivity contribution in [2.45, 2.75) is 13.2 Å². The Kier molecular flexibility index (Phi) is 4.42. The first kappa shape index (κ1) is 15.7. The van der Waals surface area contributed by atoms with E-state index >= 15 is 0 Å². The fraction of sp³-hybridized carbons (Fsp3) is 0.125. The molecular weight excluding hydrogens is 362 g/mol. The maximum Gasteiger partial charge on any atom is 0.141 e. The third kappa shape index (κ3) is 3.12. The monoisotopic (exact) mass is 375 g/mol. The Morgan fingerprint density at radius 1 is 1.00 bits per heavy atom. The number of phenols is 1. The summed E-state index contributed by atoms with van der Waals surface area (Å²) in [4.78, 5) is 8.45. The average molecular weight is 376 g/mol. The lowest BCUT2D eigenvalue weighted by atomic mass is 10.0. The number of benzene rings is 2. The summed E-state index contributed by atoms with van der Waals surface area (Å²) in [5, 5.41) is 32.3. The molecule has 0 unspecified atom stereocenters. The number of aliphatic hydroxyl groups is 2. The number of fused-ring (bicyclic) bond motifs is 1. The second-order valence-corrected chi connectivity index (χ2v) is 5.82. The largest absolute Gasteiger partial charge is 0.507 e. The van der Waals surface area contributed by atoms with Crippen LogP contribution in [-0.4, -0.2) is 25.3 Å². The van der Waals surface area contributed by atoms with Crippen molar-refractivity contribution in [3.8, 4) is 5.75 Å². The summed E-state index contributed by atoms with van der Waals surface area (Å²) in [6, 6.07) is 8.53. The highest BCUT2D eigenvalue weighted by Gasteiger charge is 2.10. The molecule has 0 fully saturated rings. The van der Waals surface area contributed by atoms with Crippen LogP contribution in [-0.2, 0) is 13.2 Å². The van der Waals surface area contributed by atoms with E-state index in [4.69, 9.17) is 0 Å². The van der Waals surface area contributed by atoms with Gasteiger partial charge in [-0.05, 0) is 57.4 Å². The van der Waals surface area contributed by atoms with E-state index in [9.17, 15) is 15.3 Å². The van der Waals surface area contributed by atoms with Gasteiger partial charge in [0, 0.05) is 11.1 Å². The number of hydrogen-bond donors (Lipinski definition) is 4. The average Bonchev–Trinajstić information content (AvgIpc) is 2.57. The third-order valence-electron chi connectivity index (χ3n) is 3.51. The van der Waals surface area contributed by atoms with Gasteiger partial charge in [-0.25, -0.2) is 9.97 Å². The molecule has 3 rings (SSSR count). The van der Waals surface area contributed by atoms with Gasteiger partial charge in [-0.3, -0.25) is 0 Å². The van der Waals surface area contributed by atoms with Crippen molar-refractivity contribution in [1.82, 2.24) is 9.97 Å². The highest BCUT2D eigenvalue weighted by molar-refractivity contribution is 9.10. The molecule has 23 heavy (non-hydrogen) atoms. The second kappa shape index (κ2) is 6.49. The third-order valence-corrected chi connectivity index (χ3v) is 4.14. The number of anilines is 2. The summed E-state index contributed by atoms with van der Waals surface area (Å²) < 4.78 is 0.569. The molecule has 4 N–H and O–H groups in total. The van der Waals surface area contributed by atoms with E-state index < -0.39 is 0 Å². The maximum absolute atomic E-state index is 9.56. The lowest BCUT2D eigenvalue weighted by molar-refractivity contribution is 0.260. The fourth-order valence-corrected chi connectivity index (χ4v) is 2.69. The minimum Gasteiger partial charge on any atom is -0.507 e. The van der Waals surface area contributed by atoms with Gasteiger partial charge in [0.25, 0.3) is 0 Å². The van der Waals surface area contributed by atoms with Crippen molar-refractivity contribution < 1.29 is 15.3 Å². The molecule has 2 aromatic carbocycles. The Labute approximate surface area is 140 Å². The molecule has 0 spiro atoms. The van der Waals surface area contributed by atoms with Crippen LogP contribution in [0.1, 0.15) is 11.1 Å². The van der Waals surface area contributed by atoms with Gasteiger partial charge in [0.1, 0.15) is 17.9 Å². The second-order valence-electron chi connectivity index (χ2n) is 4.97. The number of aromatic nitrogens is 2. The van der Waals surface area contributed by atoms with Crippen LogP contribution in [0, 0.1) is 0 Å². The number of hydrogen-bond acceptors (Lipinski definition) is 6. The molecule has 0 aliphatic rings. The molecule has 0 amide bonds. The standard InChI is InChI=1S/C16H14BrN3O3/c17-13-5-11(1-2-15(13)23)20-16-12-3-9(6-21)10(7-22)4-14(12)18-8-19-16/h1-5,8,21-23H,6-7H2,(H,18,19,20). The van der Waals surface area contributed by atoms with Crippen LogP contribution < -0.4 is 5.32 Å². The zero-order valence-electron chi connectivity index (χ0n) is 12.0. The fourth-order valence-electron chi connectivity index (χ4n) is 2.31. The smallest absolute Gasteiger partial charge is 0.141 e. The van der Waals surface area contributed by atoms with Crippen LogP contribution in [0.3, 0.4) is 0 Å². The zero-order valence-corrected chi connectivity index (χ0v) is 13.6. The minimum absolute atomic E-state index is 0.151. The molecule has 7 heteroatoms. The van der Waals surface area contributed by atoms with E-state index in [1.807, 2.05) is 0 Å². The Bertz CT molecular complexity index is 871. The van der Waals surface area contributed by atoms with Crippen molar-refractivity contribution in [1.29, 1.82) is 0 Å². The SMILES string of the molecule is OCc1cc2ncnc(Nc3ccc(O)c(Br)c3)c2cc1CO. The van der Waals surface area contributed by atoms with Crippen LogP contribution in [0.4, 0.5) is 11.5 Å². The summed E-state index contributed by atoms with van der Waals surface area (Å²) in [6.45, 7) is -0.339. The number of aromatic hydroxyl groups is 1. The van der Waals surface area contributed by atoms with Gasteiger partial charge in [0.15, 0.2) is 0 Å². The molecular formula is C16H14BrN3O3. The lowest BCUT2D eigenvalue weighted by Gasteiger charge is -2.12. The first-order chi connectivity index (χ1) is 11.1. The molecule has 0 saturated heterocycles. The predicted octanol–water partition coefficient (Wildman–Crippen LogP) is 2.83. The van der Waals surface area contributed by atoms with Gasteiger partial charge in [0.2, 0.25) is 0 Å². The summed E-state index contributed by atoms with van der Waals surface area (Å²) in [6.07, 6.45) is 1.43. The van der Waals surface area contributed by atoms with Crippen LogP contribution in [0.5, 0.6) is 5.75 Å². The molecule has 0 atom stereocenters. The molecule has 1 aromatic heterocycles. The van der Waals surface area contributed by atoms with Gasteiger partial charge in [-0.15, -0.1) is 0 Å².